The molecule has 4 rings (SSSR count). The number of carbonyl (C=O) groups excluding carboxylic acids is 1. The Morgan fingerprint density at radius 2 is 1.84 bits per heavy atom. The van der Waals surface area contributed by atoms with Crippen LogP contribution in [0.4, 0.5) is 0 Å². The number of hydrogen-bond acceptors (Lipinski definition) is 4. The van der Waals surface area contributed by atoms with E-state index in [-0.39, 0.29) is 5.91 Å². The van der Waals surface area contributed by atoms with Crippen LogP contribution in [0.1, 0.15) is 46.7 Å². The van der Waals surface area contributed by atoms with Crippen molar-refractivity contribution in [3.05, 3.63) is 65.2 Å². The van der Waals surface area contributed by atoms with Crippen LogP contribution in [0.2, 0.25) is 0 Å². The summed E-state index contributed by atoms with van der Waals surface area (Å²) in [5, 5.41) is 16.8. The van der Waals surface area contributed by atoms with Crippen LogP contribution >= 0.6 is 0 Å². The topological polar surface area (TPSA) is 83.6 Å². The minimum absolute atomic E-state index is 0.0533. The van der Waals surface area contributed by atoms with Gasteiger partial charge in [0.15, 0.2) is 0 Å². The first-order valence-electron chi connectivity index (χ1n) is 8.50. The lowest BCUT2D eigenvalue weighted by atomic mass is 9.80. The van der Waals surface area contributed by atoms with Gasteiger partial charge in [0.2, 0.25) is 5.82 Å². The first-order chi connectivity index (χ1) is 12.3. The Morgan fingerprint density at radius 1 is 1.08 bits per heavy atom. The van der Waals surface area contributed by atoms with Crippen molar-refractivity contribution in [1.29, 1.82) is 0 Å². The molecule has 2 aromatic carbocycles. The number of benzene rings is 2. The molecule has 2 N–H and O–H groups in total. The average molecular weight is 333 g/mol. The molecule has 126 valence electrons. The fraction of sp³-hybridized carbons (Fsp3) is 0.263. The predicted molar refractivity (Wildman–Crippen MR) is 93.8 cm³/mol. The average Bonchev–Trinajstić information content (AvgIpc) is 3.14. The van der Waals surface area contributed by atoms with Gasteiger partial charge in [0, 0.05) is 17.7 Å². The molecule has 1 aromatic heterocycles. The summed E-state index contributed by atoms with van der Waals surface area (Å²) >= 11 is 0. The second-order valence-electron chi connectivity index (χ2n) is 6.36. The molecule has 0 bridgehead atoms. The molecule has 1 heterocycles. The molecular weight excluding hydrogens is 314 g/mol. The van der Waals surface area contributed by atoms with Crippen molar-refractivity contribution in [3.63, 3.8) is 0 Å². The van der Waals surface area contributed by atoms with Crippen molar-refractivity contribution in [2.75, 3.05) is 0 Å². The summed E-state index contributed by atoms with van der Waals surface area (Å²) in [4.78, 5) is 12.3. The molecule has 1 aliphatic carbocycles. The summed E-state index contributed by atoms with van der Waals surface area (Å²) in [5.41, 5.74) is 3.95. The quantitative estimate of drug-likeness (QED) is 0.751. The molecule has 3 aromatic rings. The van der Waals surface area contributed by atoms with E-state index in [1.165, 1.54) is 24.8 Å². The highest BCUT2D eigenvalue weighted by atomic mass is 16.1. The Labute approximate surface area is 145 Å². The van der Waals surface area contributed by atoms with Gasteiger partial charge < -0.3 is 5.32 Å². The van der Waals surface area contributed by atoms with Gasteiger partial charge in [0.05, 0.1) is 0 Å². The number of aromatic nitrogens is 4. The van der Waals surface area contributed by atoms with E-state index >= 15 is 0 Å². The minimum atomic E-state index is -0.0533. The molecule has 0 saturated heterocycles. The third-order valence-corrected chi connectivity index (χ3v) is 4.76. The van der Waals surface area contributed by atoms with Crippen LogP contribution in [-0.4, -0.2) is 26.5 Å². The van der Waals surface area contributed by atoms with Crippen LogP contribution in [0.5, 0.6) is 0 Å². The summed E-state index contributed by atoms with van der Waals surface area (Å²) in [6.07, 6.45) is 3.86. The normalized spacial score (nSPS) is 14.1. The van der Waals surface area contributed by atoms with Crippen LogP contribution in [-0.2, 0) is 6.54 Å². The highest BCUT2D eigenvalue weighted by molar-refractivity contribution is 5.94. The molecule has 1 fully saturated rings. The molecule has 6 nitrogen and oxygen atoms in total. The molecule has 0 aliphatic heterocycles. The van der Waals surface area contributed by atoms with E-state index < -0.39 is 0 Å². The van der Waals surface area contributed by atoms with Gasteiger partial charge in [-0.1, -0.05) is 42.8 Å². The van der Waals surface area contributed by atoms with Gasteiger partial charge in [0.1, 0.15) is 0 Å². The second kappa shape index (κ2) is 6.84. The summed E-state index contributed by atoms with van der Waals surface area (Å²) < 4.78 is 0. The third kappa shape index (κ3) is 3.42. The monoisotopic (exact) mass is 333 g/mol. The zero-order chi connectivity index (χ0) is 17.1. The minimum Gasteiger partial charge on any atom is -0.348 e. The zero-order valence-electron chi connectivity index (χ0n) is 13.8. The van der Waals surface area contributed by atoms with Gasteiger partial charge in [-0.3, -0.25) is 4.79 Å². The number of hydrogen-bond donors (Lipinski definition) is 2. The van der Waals surface area contributed by atoms with Crippen LogP contribution in [0.15, 0.2) is 48.5 Å². The Kier molecular flexibility index (Phi) is 4.24. The first kappa shape index (κ1) is 15.5. The van der Waals surface area contributed by atoms with Crippen LogP contribution in [0.25, 0.3) is 11.4 Å². The number of nitrogens with zero attached hydrogens (tertiary/aromatic N) is 3. The van der Waals surface area contributed by atoms with Gasteiger partial charge in [0.25, 0.3) is 5.91 Å². The van der Waals surface area contributed by atoms with Crippen molar-refractivity contribution < 1.29 is 4.79 Å². The molecule has 1 aliphatic rings. The van der Waals surface area contributed by atoms with Gasteiger partial charge in [-0.15, -0.1) is 10.2 Å². The highest BCUT2D eigenvalue weighted by Gasteiger charge is 2.19. The molecular formula is C19H19N5O. The number of tetrazole rings is 1. The molecule has 1 saturated carbocycles. The van der Waals surface area contributed by atoms with Crippen LogP contribution in [0.3, 0.4) is 0 Å². The maximum atomic E-state index is 12.3. The van der Waals surface area contributed by atoms with E-state index in [0.717, 1.165) is 11.1 Å². The Hall–Kier alpha value is -3.02. The lowest BCUT2D eigenvalue weighted by molar-refractivity contribution is 0.0951. The largest absolute Gasteiger partial charge is 0.348 e. The maximum absolute atomic E-state index is 12.3. The molecule has 0 spiro atoms. The van der Waals surface area contributed by atoms with Crippen molar-refractivity contribution in [3.8, 4) is 11.4 Å². The highest BCUT2D eigenvalue weighted by Crippen LogP contribution is 2.36. The fourth-order valence-electron chi connectivity index (χ4n) is 2.99. The Bertz CT molecular complexity index is 837. The Balaban J connectivity index is 1.35. The van der Waals surface area contributed by atoms with E-state index in [0.29, 0.717) is 23.9 Å². The van der Waals surface area contributed by atoms with Crippen molar-refractivity contribution >= 4 is 5.91 Å². The van der Waals surface area contributed by atoms with E-state index in [9.17, 15) is 4.79 Å². The van der Waals surface area contributed by atoms with Crippen LogP contribution in [0, 0.1) is 0 Å². The van der Waals surface area contributed by atoms with Gasteiger partial charge in [-0.2, -0.15) is 5.21 Å². The molecule has 0 radical (unpaired) electrons. The third-order valence-electron chi connectivity index (χ3n) is 4.76. The molecule has 0 unspecified atom stereocenters. The number of nitrogens with one attached hydrogen (secondary N) is 2. The second-order valence-corrected chi connectivity index (χ2v) is 6.36. The Morgan fingerprint density at radius 3 is 2.44 bits per heavy atom. The van der Waals surface area contributed by atoms with Crippen molar-refractivity contribution in [2.24, 2.45) is 0 Å². The molecule has 6 heteroatoms. The summed E-state index contributed by atoms with van der Waals surface area (Å²) in [6.45, 7) is 0.482. The summed E-state index contributed by atoms with van der Waals surface area (Å²) in [7, 11) is 0. The lowest BCUT2D eigenvalue weighted by Crippen LogP contribution is -2.22. The van der Waals surface area contributed by atoms with E-state index in [2.05, 4.69) is 38.1 Å². The predicted octanol–water partition coefficient (Wildman–Crippen LogP) is 3.06. The smallest absolute Gasteiger partial charge is 0.251 e. The molecule has 0 atom stereocenters. The molecule has 25 heavy (non-hydrogen) atoms. The van der Waals surface area contributed by atoms with E-state index in [1.54, 1.807) is 0 Å². The summed E-state index contributed by atoms with van der Waals surface area (Å²) in [5.74, 6) is 1.19. The van der Waals surface area contributed by atoms with Gasteiger partial charge >= 0.3 is 0 Å². The van der Waals surface area contributed by atoms with Gasteiger partial charge in [-0.25, -0.2) is 0 Å². The van der Waals surface area contributed by atoms with Gasteiger partial charge in [-0.05, 0) is 47.2 Å². The van der Waals surface area contributed by atoms with E-state index in [4.69, 9.17) is 0 Å². The van der Waals surface area contributed by atoms with E-state index in [1.807, 2.05) is 36.4 Å². The van der Waals surface area contributed by atoms with Crippen LogP contribution < -0.4 is 5.32 Å². The number of rotatable bonds is 5. The van der Waals surface area contributed by atoms with Crippen molar-refractivity contribution in [2.45, 2.75) is 31.7 Å². The molecule has 1 amide bonds. The number of amides is 1. The maximum Gasteiger partial charge on any atom is 0.251 e. The zero-order valence-corrected chi connectivity index (χ0v) is 13.8. The number of carbonyl (C=O) groups is 1. The lowest BCUT2D eigenvalue weighted by Gasteiger charge is -2.25. The SMILES string of the molecule is O=C(NCc1ccc(-c2nn[nH]n2)cc1)c1ccc(C2CCC2)cc1. The number of aromatic amines is 1. The fourth-order valence-corrected chi connectivity index (χ4v) is 2.99. The number of H-pyrrole nitrogens is 1. The van der Waals surface area contributed by atoms with Crippen molar-refractivity contribution in [1.82, 2.24) is 25.9 Å². The first-order valence-corrected chi connectivity index (χ1v) is 8.50. The summed E-state index contributed by atoms with van der Waals surface area (Å²) in [6, 6.07) is 15.7. The standard InChI is InChI=1S/C19H19N5O/c25-19(17-10-8-15(9-11-17)14-2-1-3-14)20-12-13-4-6-16(7-5-13)18-21-23-24-22-18/h4-11,14H,1-3,12H2,(H,20,25)(H,21,22,23,24).